The predicted molar refractivity (Wildman–Crippen MR) is 67.0 cm³/mol. The summed E-state index contributed by atoms with van der Waals surface area (Å²) in [6, 6.07) is 7.05. The second-order valence-corrected chi connectivity index (χ2v) is 4.22. The second-order valence-electron chi connectivity index (χ2n) is 4.22. The van der Waals surface area contributed by atoms with E-state index in [-0.39, 0.29) is 18.2 Å². The van der Waals surface area contributed by atoms with E-state index in [1.165, 1.54) is 0 Å². The first kappa shape index (κ1) is 13.0. The first-order valence-electron chi connectivity index (χ1n) is 6.07. The number of piperazine rings is 1. The molecule has 0 aliphatic carbocycles. The van der Waals surface area contributed by atoms with Gasteiger partial charge in [-0.05, 0) is 12.1 Å². The Morgan fingerprint density at radius 3 is 2.47 bits per heavy atom. The van der Waals surface area contributed by atoms with Crippen molar-refractivity contribution in [3.05, 3.63) is 30.1 Å². The molecule has 0 atom stereocenters. The molecule has 19 heavy (non-hydrogen) atoms. The maximum atomic E-state index is 12.1. The molecule has 1 aromatic rings. The fourth-order valence-corrected chi connectivity index (χ4v) is 1.99. The van der Waals surface area contributed by atoms with Crippen molar-refractivity contribution in [2.45, 2.75) is 6.42 Å². The van der Waals surface area contributed by atoms with Gasteiger partial charge in [0.15, 0.2) is 0 Å². The van der Waals surface area contributed by atoms with Gasteiger partial charge in [-0.15, -0.1) is 0 Å². The molecule has 1 fully saturated rings. The molecular formula is C13H14N4O2. The first-order valence-corrected chi connectivity index (χ1v) is 6.07. The number of carbonyl (C=O) groups is 2. The predicted octanol–water partition coefficient (Wildman–Crippen LogP) is 0.280. The van der Waals surface area contributed by atoms with Crippen LogP contribution in [-0.2, 0) is 4.79 Å². The van der Waals surface area contributed by atoms with Crippen molar-refractivity contribution in [1.29, 1.82) is 5.26 Å². The molecule has 1 saturated heterocycles. The summed E-state index contributed by atoms with van der Waals surface area (Å²) < 4.78 is 0. The third kappa shape index (κ3) is 3.07. The summed E-state index contributed by atoms with van der Waals surface area (Å²) in [5, 5.41) is 8.49. The summed E-state index contributed by atoms with van der Waals surface area (Å²) in [6.45, 7) is 1.90. The third-order valence-corrected chi connectivity index (χ3v) is 3.03. The Morgan fingerprint density at radius 1 is 1.21 bits per heavy atom. The highest BCUT2D eigenvalue weighted by Gasteiger charge is 2.24. The molecule has 1 aliphatic heterocycles. The van der Waals surface area contributed by atoms with Crippen molar-refractivity contribution in [3.8, 4) is 6.07 Å². The van der Waals surface area contributed by atoms with Gasteiger partial charge < -0.3 is 9.80 Å². The van der Waals surface area contributed by atoms with E-state index in [9.17, 15) is 9.59 Å². The van der Waals surface area contributed by atoms with Crippen LogP contribution in [0.5, 0.6) is 0 Å². The van der Waals surface area contributed by atoms with Crippen molar-refractivity contribution in [3.63, 3.8) is 0 Å². The minimum absolute atomic E-state index is 0.103. The maximum Gasteiger partial charge on any atom is 0.272 e. The number of rotatable bonds is 2. The number of carbonyl (C=O) groups excluding carboxylic acids is 2. The van der Waals surface area contributed by atoms with Crippen molar-refractivity contribution < 1.29 is 9.59 Å². The Bertz CT molecular complexity index is 501. The summed E-state index contributed by atoms with van der Waals surface area (Å²) in [5.74, 6) is -0.291. The van der Waals surface area contributed by atoms with Crippen LogP contribution in [0, 0.1) is 11.3 Å². The molecule has 0 N–H and O–H groups in total. The highest BCUT2D eigenvalue weighted by atomic mass is 16.2. The molecule has 2 rings (SSSR count). The molecule has 98 valence electrons. The van der Waals surface area contributed by atoms with Crippen LogP contribution in [0.25, 0.3) is 0 Å². The molecule has 1 aromatic heterocycles. The van der Waals surface area contributed by atoms with E-state index in [2.05, 4.69) is 4.98 Å². The molecule has 6 heteroatoms. The summed E-state index contributed by atoms with van der Waals surface area (Å²) in [5.41, 5.74) is 0.416. The van der Waals surface area contributed by atoms with Crippen LogP contribution in [0.2, 0.25) is 0 Å². The van der Waals surface area contributed by atoms with Gasteiger partial charge in [0.05, 0.1) is 6.07 Å². The lowest BCUT2D eigenvalue weighted by atomic mass is 10.2. The normalized spacial score (nSPS) is 14.9. The van der Waals surface area contributed by atoms with E-state index < -0.39 is 0 Å². The van der Waals surface area contributed by atoms with Gasteiger partial charge in [-0.2, -0.15) is 5.26 Å². The van der Waals surface area contributed by atoms with Gasteiger partial charge in [0.2, 0.25) is 5.91 Å². The molecule has 2 amide bonds. The zero-order valence-electron chi connectivity index (χ0n) is 10.5. The Morgan fingerprint density at radius 2 is 1.89 bits per heavy atom. The first-order chi connectivity index (χ1) is 9.22. The zero-order valence-corrected chi connectivity index (χ0v) is 10.5. The molecule has 2 heterocycles. The number of amides is 2. The molecule has 6 nitrogen and oxygen atoms in total. The number of nitriles is 1. The lowest BCUT2D eigenvalue weighted by molar-refractivity contribution is -0.131. The topological polar surface area (TPSA) is 77.3 Å². The van der Waals surface area contributed by atoms with Crippen LogP contribution in [-0.4, -0.2) is 52.8 Å². The van der Waals surface area contributed by atoms with Crippen molar-refractivity contribution >= 4 is 11.8 Å². The van der Waals surface area contributed by atoms with Crippen LogP contribution in [0.1, 0.15) is 16.9 Å². The summed E-state index contributed by atoms with van der Waals surface area (Å²) in [4.78, 5) is 31.0. The average molecular weight is 258 g/mol. The summed E-state index contributed by atoms with van der Waals surface area (Å²) in [6.07, 6.45) is 1.48. The minimum Gasteiger partial charge on any atom is -0.338 e. The van der Waals surface area contributed by atoms with Gasteiger partial charge in [-0.3, -0.25) is 14.6 Å². The number of pyridine rings is 1. The number of hydrogen-bond acceptors (Lipinski definition) is 4. The number of hydrogen-bond donors (Lipinski definition) is 0. The van der Waals surface area contributed by atoms with Crippen molar-refractivity contribution in [1.82, 2.24) is 14.8 Å². The van der Waals surface area contributed by atoms with Crippen LogP contribution in [0.4, 0.5) is 0 Å². The molecule has 0 bridgehead atoms. The lowest BCUT2D eigenvalue weighted by Gasteiger charge is -2.34. The highest BCUT2D eigenvalue weighted by Crippen LogP contribution is 2.07. The van der Waals surface area contributed by atoms with Crippen LogP contribution >= 0.6 is 0 Å². The maximum absolute atomic E-state index is 12.1. The number of aromatic nitrogens is 1. The molecule has 0 radical (unpaired) electrons. The monoisotopic (exact) mass is 258 g/mol. The van der Waals surface area contributed by atoms with Gasteiger partial charge in [-0.1, -0.05) is 6.07 Å². The molecular weight excluding hydrogens is 244 g/mol. The van der Waals surface area contributed by atoms with E-state index in [4.69, 9.17) is 5.26 Å². The molecule has 1 aliphatic rings. The smallest absolute Gasteiger partial charge is 0.272 e. The Balaban J connectivity index is 1.92. The van der Waals surface area contributed by atoms with Gasteiger partial charge in [-0.25, -0.2) is 0 Å². The van der Waals surface area contributed by atoms with E-state index >= 15 is 0 Å². The minimum atomic E-state index is -0.174. The Kier molecular flexibility index (Phi) is 4.08. The lowest BCUT2D eigenvalue weighted by Crippen LogP contribution is -2.50. The van der Waals surface area contributed by atoms with E-state index in [1.54, 1.807) is 34.2 Å². The largest absolute Gasteiger partial charge is 0.338 e. The van der Waals surface area contributed by atoms with E-state index in [1.807, 2.05) is 6.07 Å². The van der Waals surface area contributed by atoms with Crippen LogP contribution < -0.4 is 0 Å². The molecule has 0 unspecified atom stereocenters. The average Bonchev–Trinajstić information content (AvgIpc) is 2.48. The fraction of sp³-hybridized carbons (Fsp3) is 0.385. The molecule has 0 saturated carbocycles. The molecule has 0 spiro atoms. The van der Waals surface area contributed by atoms with E-state index in [0.29, 0.717) is 31.9 Å². The quantitative estimate of drug-likeness (QED) is 0.763. The standard InChI is InChI=1S/C13H14N4O2/c14-5-4-12(18)16-7-9-17(10-8-16)13(19)11-3-1-2-6-15-11/h1-3,6H,4,7-10H2. The Hall–Kier alpha value is -2.42. The van der Waals surface area contributed by atoms with Crippen LogP contribution in [0.3, 0.4) is 0 Å². The molecule has 0 aromatic carbocycles. The Labute approximate surface area is 111 Å². The number of nitrogens with zero attached hydrogens (tertiary/aromatic N) is 4. The van der Waals surface area contributed by atoms with Gasteiger partial charge in [0.25, 0.3) is 5.91 Å². The van der Waals surface area contributed by atoms with E-state index in [0.717, 1.165) is 0 Å². The highest BCUT2D eigenvalue weighted by molar-refractivity contribution is 5.92. The zero-order chi connectivity index (χ0) is 13.7. The van der Waals surface area contributed by atoms with Gasteiger partial charge >= 0.3 is 0 Å². The summed E-state index contributed by atoms with van der Waals surface area (Å²) in [7, 11) is 0. The van der Waals surface area contributed by atoms with Crippen molar-refractivity contribution in [2.75, 3.05) is 26.2 Å². The third-order valence-electron chi connectivity index (χ3n) is 3.03. The second kappa shape index (κ2) is 5.96. The SMILES string of the molecule is N#CCC(=O)N1CCN(C(=O)c2ccccn2)CC1. The van der Waals surface area contributed by atoms with Crippen molar-refractivity contribution in [2.24, 2.45) is 0 Å². The van der Waals surface area contributed by atoms with Gasteiger partial charge in [0.1, 0.15) is 12.1 Å². The van der Waals surface area contributed by atoms with Crippen LogP contribution in [0.15, 0.2) is 24.4 Å². The van der Waals surface area contributed by atoms with Gasteiger partial charge in [0, 0.05) is 32.4 Å². The summed E-state index contributed by atoms with van der Waals surface area (Å²) >= 11 is 0. The fourth-order valence-electron chi connectivity index (χ4n) is 1.99.